The van der Waals surface area contributed by atoms with Gasteiger partial charge < -0.3 is 15.5 Å². The molecule has 2 amide bonds. The van der Waals surface area contributed by atoms with Crippen LogP contribution in [-0.2, 0) is 11.2 Å². The van der Waals surface area contributed by atoms with Gasteiger partial charge >= 0.3 is 0 Å². The highest BCUT2D eigenvalue weighted by atomic mass is 19.1. The molecule has 1 aliphatic heterocycles. The van der Waals surface area contributed by atoms with Crippen molar-refractivity contribution in [3.05, 3.63) is 66.0 Å². The zero-order chi connectivity index (χ0) is 20.4. The lowest BCUT2D eigenvalue weighted by Crippen LogP contribution is -2.49. The summed E-state index contributed by atoms with van der Waals surface area (Å²) in [7, 11) is 0. The van der Waals surface area contributed by atoms with Crippen molar-refractivity contribution in [2.75, 3.05) is 31.1 Å². The Morgan fingerprint density at radius 3 is 2.55 bits per heavy atom. The molecule has 3 aromatic rings. The van der Waals surface area contributed by atoms with E-state index < -0.39 is 5.91 Å². The number of halogens is 1. The molecule has 3 N–H and O–H groups in total. The molecule has 1 radical (unpaired) electrons. The number of carbonyl (C=O) groups is 2. The van der Waals surface area contributed by atoms with E-state index in [2.05, 4.69) is 15.1 Å². The number of carbonyl (C=O) groups excluding carboxylic acids is 2. The predicted molar refractivity (Wildman–Crippen MR) is 108 cm³/mol. The van der Waals surface area contributed by atoms with E-state index in [0.717, 1.165) is 16.6 Å². The van der Waals surface area contributed by atoms with Gasteiger partial charge in [-0.1, -0.05) is 0 Å². The number of rotatable bonds is 5. The Morgan fingerprint density at radius 1 is 1.14 bits per heavy atom. The minimum absolute atomic E-state index is 0.0447. The fraction of sp³-hybridized carbons (Fsp3) is 0.238. The molecule has 0 unspecified atom stereocenters. The van der Waals surface area contributed by atoms with Gasteiger partial charge in [0, 0.05) is 37.3 Å². The Balaban J connectivity index is 1.35. The van der Waals surface area contributed by atoms with Gasteiger partial charge in [-0.2, -0.15) is 5.10 Å². The highest BCUT2D eigenvalue weighted by Crippen LogP contribution is 2.20. The molecule has 8 heteroatoms. The van der Waals surface area contributed by atoms with Gasteiger partial charge in [0.15, 0.2) is 0 Å². The Kier molecular flexibility index (Phi) is 5.16. The third-order valence-electron chi connectivity index (χ3n) is 5.17. The molecule has 29 heavy (non-hydrogen) atoms. The highest BCUT2D eigenvalue weighted by Gasteiger charge is 2.21. The first-order valence-corrected chi connectivity index (χ1v) is 9.40. The number of hydrogen-bond acceptors (Lipinski definition) is 4. The standard InChI is InChI=1S/C21H21FN5O2/c22-16-2-4-17(5-3-16)26-7-9-27(10-8-26)19(28)6-1-14-11-15-13-24-25-20(15)18(12-14)21(23)29/h2-6,11-13H,1,7-10H2,(H2,23,29)(H,24,25). The van der Waals surface area contributed by atoms with Crippen molar-refractivity contribution >= 4 is 28.4 Å². The van der Waals surface area contributed by atoms with Crippen LogP contribution in [0.3, 0.4) is 0 Å². The predicted octanol–water partition coefficient (Wildman–Crippen LogP) is 1.90. The van der Waals surface area contributed by atoms with Crippen LogP contribution in [0.15, 0.2) is 42.6 Å². The van der Waals surface area contributed by atoms with Crippen LogP contribution < -0.4 is 10.6 Å². The van der Waals surface area contributed by atoms with Crippen LogP contribution in [0.2, 0.25) is 0 Å². The smallest absolute Gasteiger partial charge is 0.250 e. The topological polar surface area (TPSA) is 95.3 Å². The number of aromatic amines is 1. The molecular formula is C21H21FN5O2. The summed E-state index contributed by atoms with van der Waals surface area (Å²) in [4.78, 5) is 28.2. The number of benzene rings is 2. The summed E-state index contributed by atoms with van der Waals surface area (Å²) < 4.78 is 13.1. The molecule has 149 valence electrons. The Hall–Kier alpha value is -3.42. The van der Waals surface area contributed by atoms with Gasteiger partial charge in [0.05, 0.1) is 23.7 Å². The van der Waals surface area contributed by atoms with Gasteiger partial charge in [-0.25, -0.2) is 4.39 Å². The van der Waals surface area contributed by atoms with Crippen LogP contribution in [0, 0.1) is 12.2 Å². The summed E-state index contributed by atoms with van der Waals surface area (Å²) >= 11 is 0. The number of H-pyrrole nitrogens is 1. The van der Waals surface area contributed by atoms with Gasteiger partial charge in [0.1, 0.15) is 5.82 Å². The van der Waals surface area contributed by atoms with Crippen LogP contribution in [0.5, 0.6) is 0 Å². The molecule has 0 aliphatic carbocycles. The third kappa shape index (κ3) is 4.06. The maximum atomic E-state index is 13.1. The van der Waals surface area contributed by atoms with E-state index >= 15 is 0 Å². The summed E-state index contributed by atoms with van der Waals surface area (Å²) in [6.07, 6.45) is 3.65. The third-order valence-corrected chi connectivity index (χ3v) is 5.17. The molecule has 0 bridgehead atoms. The van der Waals surface area contributed by atoms with Crippen LogP contribution >= 0.6 is 0 Å². The summed E-state index contributed by atoms with van der Waals surface area (Å²) in [5, 5.41) is 7.50. The van der Waals surface area contributed by atoms with E-state index in [1.807, 2.05) is 6.07 Å². The maximum absolute atomic E-state index is 13.1. The molecule has 2 heterocycles. The number of piperazine rings is 1. The average molecular weight is 394 g/mol. The molecule has 1 saturated heterocycles. The lowest BCUT2D eigenvalue weighted by Gasteiger charge is -2.36. The number of fused-ring (bicyclic) bond motifs is 1. The van der Waals surface area contributed by atoms with E-state index in [1.165, 1.54) is 12.1 Å². The second kappa shape index (κ2) is 7.90. The van der Waals surface area contributed by atoms with E-state index in [4.69, 9.17) is 5.73 Å². The second-order valence-corrected chi connectivity index (χ2v) is 7.04. The summed E-state index contributed by atoms with van der Waals surface area (Å²) in [5.41, 5.74) is 8.20. The lowest BCUT2D eigenvalue weighted by atomic mass is 10.0. The summed E-state index contributed by atoms with van der Waals surface area (Å²) in [5.74, 6) is -0.841. The molecule has 0 spiro atoms. The molecule has 2 aromatic carbocycles. The zero-order valence-electron chi connectivity index (χ0n) is 15.8. The van der Waals surface area contributed by atoms with Crippen molar-refractivity contribution < 1.29 is 14.0 Å². The molecule has 4 rings (SSSR count). The number of nitrogens with one attached hydrogen (secondary N) is 1. The maximum Gasteiger partial charge on any atom is 0.250 e. The largest absolute Gasteiger partial charge is 0.368 e. The normalized spacial score (nSPS) is 14.4. The van der Waals surface area contributed by atoms with Crippen molar-refractivity contribution in [1.29, 1.82) is 0 Å². The van der Waals surface area contributed by atoms with Crippen molar-refractivity contribution in [2.45, 2.75) is 6.42 Å². The van der Waals surface area contributed by atoms with Gasteiger partial charge in [0.2, 0.25) is 5.91 Å². The van der Waals surface area contributed by atoms with Crippen molar-refractivity contribution in [3.63, 3.8) is 0 Å². The second-order valence-electron chi connectivity index (χ2n) is 7.04. The first kappa shape index (κ1) is 18.9. The van der Waals surface area contributed by atoms with E-state index in [9.17, 15) is 14.0 Å². The molecule has 7 nitrogen and oxygen atoms in total. The first-order chi connectivity index (χ1) is 14.0. The quantitative estimate of drug-likeness (QED) is 0.691. The van der Waals surface area contributed by atoms with Gasteiger partial charge in [-0.15, -0.1) is 0 Å². The zero-order valence-corrected chi connectivity index (χ0v) is 15.8. The monoisotopic (exact) mass is 394 g/mol. The number of aromatic nitrogens is 2. The Bertz CT molecular complexity index is 1040. The van der Waals surface area contributed by atoms with Gasteiger partial charge in [0.25, 0.3) is 5.91 Å². The minimum Gasteiger partial charge on any atom is -0.368 e. The Labute approximate surface area is 167 Å². The van der Waals surface area contributed by atoms with Gasteiger partial charge in [-0.3, -0.25) is 14.7 Å². The summed E-state index contributed by atoms with van der Waals surface area (Å²) in [6.45, 7) is 2.58. The minimum atomic E-state index is -0.538. The van der Waals surface area contributed by atoms with Crippen molar-refractivity contribution in [3.8, 4) is 0 Å². The molecular weight excluding hydrogens is 373 g/mol. The number of nitrogens with two attached hydrogens (primary N) is 1. The molecule has 1 aromatic heterocycles. The number of primary amides is 1. The fourth-order valence-corrected chi connectivity index (χ4v) is 3.60. The van der Waals surface area contributed by atoms with Crippen LogP contribution in [0.25, 0.3) is 10.9 Å². The van der Waals surface area contributed by atoms with E-state index in [-0.39, 0.29) is 11.7 Å². The number of nitrogens with zero attached hydrogens (tertiary/aromatic N) is 3. The van der Waals surface area contributed by atoms with Crippen molar-refractivity contribution in [2.24, 2.45) is 5.73 Å². The number of amides is 2. The van der Waals surface area contributed by atoms with Crippen LogP contribution in [0.1, 0.15) is 15.9 Å². The average Bonchev–Trinajstić information content (AvgIpc) is 3.20. The highest BCUT2D eigenvalue weighted by molar-refractivity contribution is 6.05. The van der Waals surface area contributed by atoms with Crippen molar-refractivity contribution in [1.82, 2.24) is 15.1 Å². The van der Waals surface area contributed by atoms with Crippen LogP contribution in [-0.4, -0.2) is 53.1 Å². The molecule has 1 fully saturated rings. The van der Waals surface area contributed by atoms with Crippen LogP contribution in [0.4, 0.5) is 10.1 Å². The first-order valence-electron chi connectivity index (χ1n) is 9.40. The number of hydrogen-bond donors (Lipinski definition) is 2. The summed E-state index contributed by atoms with van der Waals surface area (Å²) in [6, 6.07) is 9.97. The van der Waals surface area contributed by atoms with Gasteiger partial charge in [-0.05, 0) is 48.4 Å². The molecule has 0 atom stereocenters. The van der Waals surface area contributed by atoms with E-state index in [1.54, 1.807) is 35.7 Å². The molecule has 1 aliphatic rings. The fourth-order valence-electron chi connectivity index (χ4n) is 3.60. The van der Waals surface area contributed by atoms with E-state index in [0.29, 0.717) is 43.7 Å². The SMILES string of the molecule is NC(=O)c1cc(C[CH]C(=O)N2CCN(c3ccc(F)cc3)CC2)cc2cn[nH]c12. The Morgan fingerprint density at radius 2 is 1.86 bits per heavy atom. The lowest BCUT2D eigenvalue weighted by molar-refractivity contribution is -0.127. The molecule has 0 saturated carbocycles. The number of anilines is 1.